The van der Waals surface area contributed by atoms with Crippen LogP contribution < -0.4 is 0 Å². The lowest BCUT2D eigenvalue weighted by Crippen LogP contribution is -2.51. The average Bonchev–Trinajstić information content (AvgIpc) is 2.48. The monoisotopic (exact) mass is 354 g/mol. The fourth-order valence-corrected chi connectivity index (χ4v) is 3.35. The van der Waals surface area contributed by atoms with E-state index in [9.17, 15) is 4.79 Å². The van der Waals surface area contributed by atoms with Gasteiger partial charge in [-0.2, -0.15) is 0 Å². The molecule has 1 heterocycles. The molecule has 0 saturated carbocycles. The van der Waals surface area contributed by atoms with Gasteiger partial charge in [-0.3, -0.25) is 9.80 Å². The number of carbonyl (C=O) groups excluding carboxylic acids is 1. The summed E-state index contributed by atoms with van der Waals surface area (Å²) >= 11 is 3.57. The van der Waals surface area contributed by atoms with Crippen LogP contribution in [0.3, 0.4) is 0 Å². The maximum absolute atomic E-state index is 11.5. The molecule has 1 unspecified atom stereocenters. The number of likely N-dealkylation sites (N-methyl/N-ethyl adjacent to an activating group) is 1. The van der Waals surface area contributed by atoms with Gasteiger partial charge in [0.05, 0.1) is 12.7 Å². The maximum Gasteiger partial charge on any atom is 0.337 e. The molecule has 5 heteroatoms. The Labute approximate surface area is 135 Å². The molecule has 1 saturated heterocycles. The second-order valence-electron chi connectivity index (χ2n) is 5.51. The van der Waals surface area contributed by atoms with Gasteiger partial charge in [0.2, 0.25) is 0 Å². The van der Waals surface area contributed by atoms with E-state index in [1.807, 2.05) is 18.2 Å². The van der Waals surface area contributed by atoms with Gasteiger partial charge in [0.25, 0.3) is 0 Å². The van der Waals surface area contributed by atoms with Crippen molar-refractivity contribution in [1.29, 1.82) is 0 Å². The van der Waals surface area contributed by atoms with Crippen LogP contribution in [-0.2, 0) is 11.3 Å². The number of halogens is 1. The normalized spacial score (nSPS) is 20.5. The van der Waals surface area contributed by atoms with Gasteiger partial charge in [-0.1, -0.05) is 28.9 Å². The molecule has 0 aromatic heterocycles. The molecule has 0 radical (unpaired) electrons. The van der Waals surface area contributed by atoms with Crippen molar-refractivity contribution < 1.29 is 9.53 Å². The molecule has 1 aliphatic rings. The Morgan fingerprint density at radius 1 is 1.43 bits per heavy atom. The zero-order chi connectivity index (χ0) is 15.4. The second kappa shape index (κ2) is 7.38. The molecule has 116 valence electrons. The van der Waals surface area contributed by atoms with Crippen LogP contribution >= 0.6 is 15.9 Å². The van der Waals surface area contributed by atoms with Crippen molar-refractivity contribution >= 4 is 21.9 Å². The molecule has 0 aliphatic carbocycles. The van der Waals surface area contributed by atoms with E-state index in [1.165, 1.54) is 12.7 Å². The number of hydrogen-bond acceptors (Lipinski definition) is 4. The summed E-state index contributed by atoms with van der Waals surface area (Å²) < 4.78 is 5.71. The summed E-state index contributed by atoms with van der Waals surface area (Å²) in [5, 5.41) is 0. The number of carbonyl (C=O) groups is 1. The van der Waals surface area contributed by atoms with Gasteiger partial charge < -0.3 is 4.74 Å². The fourth-order valence-electron chi connectivity index (χ4n) is 2.85. The summed E-state index contributed by atoms with van der Waals surface area (Å²) in [4.78, 5) is 16.5. The first-order valence-electron chi connectivity index (χ1n) is 7.38. The van der Waals surface area contributed by atoms with Crippen LogP contribution in [0.4, 0.5) is 0 Å². The molecule has 0 bridgehead atoms. The van der Waals surface area contributed by atoms with Gasteiger partial charge in [-0.05, 0) is 31.2 Å². The molecule has 0 spiro atoms. The third-order valence-corrected chi connectivity index (χ3v) is 4.86. The van der Waals surface area contributed by atoms with E-state index < -0.39 is 0 Å². The Balaban J connectivity index is 2.02. The number of ether oxygens (including phenoxy) is 1. The lowest BCUT2D eigenvalue weighted by Gasteiger charge is -2.39. The van der Waals surface area contributed by atoms with Crippen molar-refractivity contribution in [3.63, 3.8) is 0 Å². The predicted octanol–water partition coefficient (Wildman–Crippen LogP) is 2.76. The standard InChI is InChI=1S/C16H23BrN2O2/c1-4-19-8-7-18(10-12(19)2)11-14-6-5-13(9-15(14)17)16(20)21-3/h5-6,9,12H,4,7-8,10-11H2,1-3H3. The smallest absolute Gasteiger partial charge is 0.337 e. The van der Waals surface area contributed by atoms with Crippen molar-refractivity contribution in [2.24, 2.45) is 0 Å². The number of nitrogens with zero attached hydrogens (tertiary/aromatic N) is 2. The number of rotatable bonds is 4. The number of methoxy groups -OCH3 is 1. The van der Waals surface area contributed by atoms with E-state index in [-0.39, 0.29) is 5.97 Å². The molecule has 1 fully saturated rings. The van der Waals surface area contributed by atoms with Gasteiger partial charge in [0.1, 0.15) is 0 Å². The first-order chi connectivity index (χ1) is 10.0. The molecule has 0 N–H and O–H groups in total. The SMILES string of the molecule is CCN1CCN(Cc2ccc(C(=O)OC)cc2Br)CC1C. The van der Waals surface area contributed by atoms with Crippen LogP contribution in [-0.4, -0.2) is 55.1 Å². The minimum Gasteiger partial charge on any atom is -0.465 e. The lowest BCUT2D eigenvalue weighted by molar-refractivity contribution is 0.0600. The molecular formula is C16H23BrN2O2. The quantitative estimate of drug-likeness (QED) is 0.778. The van der Waals surface area contributed by atoms with Crippen LogP contribution in [0.15, 0.2) is 22.7 Å². The van der Waals surface area contributed by atoms with Crippen molar-refractivity contribution in [3.8, 4) is 0 Å². The molecule has 4 nitrogen and oxygen atoms in total. The third kappa shape index (κ3) is 4.05. The van der Waals surface area contributed by atoms with Gasteiger partial charge in [-0.25, -0.2) is 4.79 Å². The van der Waals surface area contributed by atoms with E-state index >= 15 is 0 Å². The highest BCUT2D eigenvalue weighted by Crippen LogP contribution is 2.22. The highest BCUT2D eigenvalue weighted by atomic mass is 79.9. The Hall–Kier alpha value is -0.910. The Morgan fingerprint density at radius 2 is 2.19 bits per heavy atom. The number of esters is 1. The summed E-state index contributed by atoms with van der Waals surface area (Å²) in [6.07, 6.45) is 0. The number of benzene rings is 1. The maximum atomic E-state index is 11.5. The van der Waals surface area contributed by atoms with Crippen LogP contribution in [0.5, 0.6) is 0 Å². The largest absolute Gasteiger partial charge is 0.465 e. The molecular weight excluding hydrogens is 332 g/mol. The summed E-state index contributed by atoms with van der Waals surface area (Å²) in [6, 6.07) is 6.27. The molecule has 2 rings (SSSR count). The molecule has 1 atom stereocenters. The zero-order valence-corrected chi connectivity index (χ0v) is 14.5. The highest BCUT2D eigenvalue weighted by molar-refractivity contribution is 9.10. The Kier molecular flexibility index (Phi) is 5.79. The van der Waals surface area contributed by atoms with Crippen LogP contribution in [0, 0.1) is 0 Å². The summed E-state index contributed by atoms with van der Waals surface area (Å²) in [5.41, 5.74) is 1.79. The predicted molar refractivity (Wildman–Crippen MR) is 87.5 cm³/mol. The molecule has 1 aliphatic heterocycles. The summed E-state index contributed by atoms with van der Waals surface area (Å²) in [5.74, 6) is -0.299. The highest BCUT2D eigenvalue weighted by Gasteiger charge is 2.22. The van der Waals surface area contributed by atoms with E-state index in [4.69, 9.17) is 4.74 Å². The topological polar surface area (TPSA) is 32.8 Å². The first kappa shape index (κ1) is 16.5. The van der Waals surface area contributed by atoms with Crippen LogP contribution in [0.2, 0.25) is 0 Å². The van der Waals surface area contributed by atoms with Crippen molar-refractivity contribution in [1.82, 2.24) is 9.80 Å². The first-order valence-corrected chi connectivity index (χ1v) is 8.17. The minimum atomic E-state index is -0.299. The van der Waals surface area contributed by atoms with Gasteiger partial charge >= 0.3 is 5.97 Å². The van der Waals surface area contributed by atoms with Gasteiger partial charge in [0, 0.05) is 36.7 Å². The fraction of sp³-hybridized carbons (Fsp3) is 0.562. The van der Waals surface area contributed by atoms with E-state index in [1.54, 1.807) is 0 Å². The van der Waals surface area contributed by atoms with E-state index in [2.05, 4.69) is 39.6 Å². The summed E-state index contributed by atoms with van der Waals surface area (Å²) in [6.45, 7) is 9.81. The van der Waals surface area contributed by atoms with Gasteiger partial charge in [-0.15, -0.1) is 0 Å². The molecule has 1 aromatic rings. The average molecular weight is 355 g/mol. The van der Waals surface area contributed by atoms with Crippen molar-refractivity contribution in [2.45, 2.75) is 26.4 Å². The van der Waals surface area contributed by atoms with E-state index in [0.29, 0.717) is 11.6 Å². The molecule has 21 heavy (non-hydrogen) atoms. The number of piperazine rings is 1. The molecule has 0 amide bonds. The molecule has 1 aromatic carbocycles. The second-order valence-corrected chi connectivity index (χ2v) is 6.36. The Bertz CT molecular complexity index is 507. The van der Waals surface area contributed by atoms with Crippen molar-refractivity contribution in [3.05, 3.63) is 33.8 Å². The third-order valence-electron chi connectivity index (χ3n) is 4.12. The number of hydrogen-bond donors (Lipinski definition) is 0. The zero-order valence-electron chi connectivity index (χ0n) is 12.9. The minimum absolute atomic E-state index is 0.299. The van der Waals surface area contributed by atoms with Crippen molar-refractivity contribution in [2.75, 3.05) is 33.3 Å². The van der Waals surface area contributed by atoms with Crippen LogP contribution in [0.25, 0.3) is 0 Å². The van der Waals surface area contributed by atoms with Gasteiger partial charge in [0.15, 0.2) is 0 Å². The Morgan fingerprint density at radius 3 is 2.76 bits per heavy atom. The lowest BCUT2D eigenvalue weighted by atomic mass is 10.1. The van der Waals surface area contributed by atoms with Crippen LogP contribution in [0.1, 0.15) is 29.8 Å². The summed E-state index contributed by atoms with van der Waals surface area (Å²) in [7, 11) is 1.40. The van der Waals surface area contributed by atoms with E-state index in [0.717, 1.165) is 37.2 Å².